The molecule has 0 radical (unpaired) electrons. The quantitative estimate of drug-likeness (QED) is 0.701. The van der Waals surface area contributed by atoms with E-state index < -0.39 is 18.0 Å². The molecule has 112 valence electrons. The maximum Gasteiger partial charge on any atom is 0.326 e. The van der Waals surface area contributed by atoms with E-state index in [9.17, 15) is 14.7 Å². The minimum atomic E-state index is -1.01. The molecule has 0 aromatic heterocycles. The highest BCUT2D eigenvalue weighted by Crippen LogP contribution is 2.09. The Morgan fingerprint density at radius 1 is 1.19 bits per heavy atom. The van der Waals surface area contributed by atoms with Crippen molar-refractivity contribution < 1.29 is 14.7 Å². The van der Waals surface area contributed by atoms with Crippen molar-refractivity contribution in [3.63, 3.8) is 0 Å². The lowest BCUT2D eigenvalue weighted by atomic mass is 10.1. The van der Waals surface area contributed by atoms with Crippen LogP contribution >= 0.6 is 0 Å². The van der Waals surface area contributed by atoms with Crippen molar-refractivity contribution in [3.8, 4) is 0 Å². The van der Waals surface area contributed by atoms with Gasteiger partial charge in [0.15, 0.2) is 0 Å². The number of amides is 2. The maximum absolute atomic E-state index is 11.8. The van der Waals surface area contributed by atoms with E-state index in [1.165, 1.54) is 0 Å². The van der Waals surface area contributed by atoms with Crippen LogP contribution in [0.5, 0.6) is 0 Å². The Hall–Kier alpha value is -2.30. The first-order valence-corrected chi connectivity index (χ1v) is 7.14. The first-order chi connectivity index (χ1) is 10.1. The highest BCUT2D eigenvalue weighted by atomic mass is 16.4. The van der Waals surface area contributed by atoms with Gasteiger partial charge in [-0.25, -0.2) is 9.59 Å². The lowest BCUT2D eigenvalue weighted by Crippen LogP contribution is -2.48. The molecule has 0 heterocycles. The number of hydrogen-bond donors (Lipinski definition) is 3. The van der Waals surface area contributed by atoms with Gasteiger partial charge in [0.1, 0.15) is 6.04 Å². The van der Waals surface area contributed by atoms with Gasteiger partial charge in [-0.2, -0.15) is 0 Å². The molecule has 5 heteroatoms. The summed E-state index contributed by atoms with van der Waals surface area (Å²) in [6, 6.07) is 8.43. The molecule has 1 aromatic rings. The fraction of sp³-hybridized carbons (Fsp3) is 0.375. The van der Waals surface area contributed by atoms with Crippen molar-refractivity contribution in [1.82, 2.24) is 10.6 Å². The fourth-order valence-corrected chi connectivity index (χ4v) is 2.33. The van der Waals surface area contributed by atoms with Crippen LogP contribution in [0.3, 0.4) is 0 Å². The maximum atomic E-state index is 11.8. The second kappa shape index (κ2) is 7.47. The number of rotatable bonds is 6. The third-order valence-electron chi connectivity index (χ3n) is 3.51. The van der Waals surface area contributed by atoms with Crippen molar-refractivity contribution in [2.24, 2.45) is 0 Å². The Labute approximate surface area is 124 Å². The average molecular weight is 288 g/mol. The van der Waals surface area contributed by atoms with E-state index >= 15 is 0 Å². The zero-order chi connectivity index (χ0) is 15.1. The highest BCUT2D eigenvalue weighted by Gasteiger charge is 2.21. The van der Waals surface area contributed by atoms with Crippen molar-refractivity contribution in [2.45, 2.75) is 37.8 Å². The summed E-state index contributed by atoms with van der Waals surface area (Å²) in [5, 5.41) is 14.5. The minimum absolute atomic E-state index is 0.0774. The van der Waals surface area contributed by atoms with E-state index in [2.05, 4.69) is 10.6 Å². The summed E-state index contributed by atoms with van der Waals surface area (Å²) in [4.78, 5) is 23.1. The number of nitrogens with one attached hydrogen (secondary N) is 2. The van der Waals surface area contributed by atoms with Gasteiger partial charge in [-0.15, -0.1) is 0 Å². The number of carbonyl (C=O) groups excluding carboxylic acids is 1. The van der Waals surface area contributed by atoms with Gasteiger partial charge in [0.25, 0.3) is 0 Å². The molecule has 0 fully saturated rings. The third-order valence-corrected chi connectivity index (χ3v) is 3.51. The number of benzene rings is 1. The average Bonchev–Trinajstić information content (AvgIpc) is 2.97. The standard InChI is InChI=1S/C16H20N2O3/c19-15(20)14(11-10-12-6-2-1-3-7-12)18-16(21)17-13-8-4-5-9-13/h1-7,13-14H,8-11H2,(H,19,20)(H2,17,18,21). The van der Waals surface area contributed by atoms with E-state index in [1.807, 2.05) is 42.5 Å². The molecule has 1 unspecified atom stereocenters. The molecule has 1 aliphatic rings. The Kier molecular flexibility index (Phi) is 5.37. The molecule has 2 amide bonds. The Bertz CT molecular complexity index is 506. The van der Waals surface area contributed by atoms with E-state index in [4.69, 9.17) is 0 Å². The van der Waals surface area contributed by atoms with E-state index in [1.54, 1.807) is 0 Å². The summed E-state index contributed by atoms with van der Waals surface area (Å²) in [7, 11) is 0. The van der Waals surface area contributed by atoms with Crippen LogP contribution in [-0.4, -0.2) is 29.2 Å². The van der Waals surface area contributed by atoms with Crippen LogP contribution < -0.4 is 10.6 Å². The van der Waals surface area contributed by atoms with Crippen LogP contribution in [0.2, 0.25) is 0 Å². The number of carboxylic acid groups (broad SMARTS) is 1. The van der Waals surface area contributed by atoms with Gasteiger partial charge in [0.05, 0.1) is 0 Å². The van der Waals surface area contributed by atoms with Crippen molar-refractivity contribution in [3.05, 3.63) is 48.0 Å². The minimum Gasteiger partial charge on any atom is -0.480 e. The normalized spacial score (nSPS) is 15.6. The second-order valence-electron chi connectivity index (χ2n) is 5.17. The number of hydrogen-bond acceptors (Lipinski definition) is 2. The van der Waals surface area contributed by atoms with Crippen LogP contribution in [0.1, 0.15) is 24.8 Å². The number of carboxylic acids is 1. The van der Waals surface area contributed by atoms with Crippen molar-refractivity contribution in [1.29, 1.82) is 0 Å². The second-order valence-corrected chi connectivity index (χ2v) is 5.17. The van der Waals surface area contributed by atoms with Gasteiger partial charge in [0, 0.05) is 6.04 Å². The van der Waals surface area contributed by atoms with E-state index in [-0.39, 0.29) is 6.04 Å². The molecule has 21 heavy (non-hydrogen) atoms. The zero-order valence-corrected chi connectivity index (χ0v) is 11.8. The fourth-order valence-electron chi connectivity index (χ4n) is 2.33. The van der Waals surface area contributed by atoms with Gasteiger partial charge in [-0.05, 0) is 31.2 Å². The van der Waals surface area contributed by atoms with Gasteiger partial charge >= 0.3 is 12.0 Å². The predicted molar refractivity (Wildman–Crippen MR) is 80.0 cm³/mol. The topological polar surface area (TPSA) is 78.4 Å². The van der Waals surface area contributed by atoms with Crippen LogP contribution in [-0.2, 0) is 11.2 Å². The summed E-state index contributed by atoms with van der Waals surface area (Å²) >= 11 is 0. The smallest absolute Gasteiger partial charge is 0.326 e. The number of urea groups is 1. The SMILES string of the molecule is O=C(NC1CC=CC1)NC(CCc1ccccc1)C(=O)O. The van der Waals surface area contributed by atoms with Gasteiger partial charge in [-0.3, -0.25) is 0 Å². The molecular weight excluding hydrogens is 268 g/mol. The lowest BCUT2D eigenvalue weighted by Gasteiger charge is -2.18. The van der Waals surface area contributed by atoms with Crippen LogP contribution in [0.15, 0.2) is 42.5 Å². The first-order valence-electron chi connectivity index (χ1n) is 7.14. The first kappa shape index (κ1) is 15.1. The summed E-state index contributed by atoms with van der Waals surface area (Å²) in [5.74, 6) is -1.01. The molecule has 0 bridgehead atoms. The predicted octanol–water partition coefficient (Wildman–Crippen LogP) is 2.09. The molecule has 5 nitrogen and oxygen atoms in total. The molecule has 0 aliphatic heterocycles. The lowest BCUT2D eigenvalue weighted by molar-refractivity contribution is -0.139. The Balaban J connectivity index is 1.81. The Morgan fingerprint density at radius 2 is 1.86 bits per heavy atom. The van der Waals surface area contributed by atoms with Crippen molar-refractivity contribution >= 4 is 12.0 Å². The zero-order valence-electron chi connectivity index (χ0n) is 11.8. The molecule has 2 rings (SSSR count). The molecule has 1 aliphatic carbocycles. The Morgan fingerprint density at radius 3 is 2.48 bits per heavy atom. The molecular formula is C16H20N2O3. The molecule has 0 saturated heterocycles. The monoisotopic (exact) mass is 288 g/mol. The molecule has 0 saturated carbocycles. The molecule has 0 spiro atoms. The van der Waals surface area contributed by atoms with Gasteiger partial charge in [-0.1, -0.05) is 42.5 Å². The summed E-state index contributed by atoms with van der Waals surface area (Å²) in [6.45, 7) is 0. The summed E-state index contributed by atoms with van der Waals surface area (Å²) in [6.07, 6.45) is 6.60. The van der Waals surface area contributed by atoms with Crippen LogP contribution in [0.4, 0.5) is 4.79 Å². The number of aryl methyl sites for hydroxylation is 1. The van der Waals surface area contributed by atoms with E-state index in [0.717, 1.165) is 18.4 Å². The van der Waals surface area contributed by atoms with Gasteiger partial charge in [0.2, 0.25) is 0 Å². The largest absolute Gasteiger partial charge is 0.480 e. The molecule has 3 N–H and O–H groups in total. The van der Waals surface area contributed by atoms with E-state index in [0.29, 0.717) is 12.8 Å². The molecule has 1 atom stereocenters. The van der Waals surface area contributed by atoms with Gasteiger partial charge < -0.3 is 15.7 Å². The summed E-state index contributed by atoms with van der Waals surface area (Å²) < 4.78 is 0. The highest BCUT2D eigenvalue weighted by molar-refractivity contribution is 5.82. The third kappa shape index (κ3) is 4.95. The van der Waals surface area contributed by atoms with Crippen molar-refractivity contribution in [2.75, 3.05) is 0 Å². The number of aliphatic carboxylic acids is 1. The molecule has 1 aromatic carbocycles. The van der Waals surface area contributed by atoms with Crippen LogP contribution in [0.25, 0.3) is 0 Å². The van der Waals surface area contributed by atoms with Crippen LogP contribution in [0, 0.1) is 0 Å². The summed E-state index contributed by atoms with van der Waals surface area (Å²) in [5.41, 5.74) is 1.06. The number of carbonyl (C=O) groups is 2.